The summed E-state index contributed by atoms with van der Waals surface area (Å²) in [7, 11) is -1.34. The van der Waals surface area contributed by atoms with Gasteiger partial charge in [0.2, 0.25) is 0 Å². The first-order valence-electron chi connectivity index (χ1n) is 9.67. The molecule has 1 aromatic rings. The molecule has 0 saturated heterocycles. The number of halogens is 3. The highest BCUT2D eigenvalue weighted by atomic mass is 35.5. The van der Waals surface area contributed by atoms with Gasteiger partial charge in [-0.3, -0.25) is 4.79 Å². The molecule has 0 aliphatic heterocycles. The molecule has 1 aliphatic rings. The Morgan fingerprint density at radius 1 is 1.14 bits per heavy atom. The molecule has 6 N–H and O–H groups in total. The Kier molecular flexibility index (Phi) is 13.5. The fourth-order valence-corrected chi connectivity index (χ4v) is 4.03. The van der Waals surface area contributed by atoms with Crippen molar-refractivity contribution in [3.05, 3.63) is 34.9 Å². The molecule has 0 heterocycles. The van der Waals surface area contributed by atoms with Crippen molar-refractivity contribution < 1.29 is 19.9 Å². The third-order valence-electron chi connectivity index (χ3n) is 5.66. The van der Waals surface area contributed by atoms with E-state index in [0.29, 0.717) is 25.3 Å². The molecule has 2 rings (SSSR count). The topological polar surface area (TPSA) is 116 Å². The standard InChI is InChI=1S/C19H30BClN2O4.2ClH/c21-16-7-3-14(4-8-16)13-23-17-9-5-15(6-10-17)19(22,18(24)25)11-1-2-12-20(26)27;;/h3-4,7-8,15,17,23,26-27H,1-2,5-6,9-13,22H2,(H,24,25);2*1H. The molecule has 1 fully saturated rings. The van der Waals surface area contributed by atoms with Crippen LogP contribution in [0.2, 0.25) is 11.3 Å². The van der Waals surface area contributed by atoms with E-state index in [1.807, 2.05) is 24.3 Å². The van der Waals surface area contributed by atoms with Crippen LogP contribution in [-0.2, 0) is 11.3 Å². The van der Waals surface area contributed by atoms with Crippen molar-refractivity contribution in [2.45, 2.75) is 69.4 Å². The van der Waals surface area contributed by atoms with Crippen molar-refractivity contribution in [2.75, 3.05) is 0 Å². The van der Waals surface area contributed by atoms with E-state index >= 15 is 0 Å². The van der Waals surface area contributed by atoms with E-state index in [-0.39, 0.29) is 37.1 Å². The first-order chi connectivity index (χ1) is 12.8. The molecule has 1 saturated carbocycles. The summed E-state index contributed by atoms with van der Waals surface area (Å²) in [6.07, 6.45) is 5.11. The summed E-state index contributed by atoms with van der Waals surface area (Å²) in [5.41, 5.74) is 6.24. The summed E-state index contributed by atoms with van der Waals surface area (Å²) in [6, 6.07) is 8.11. The minimum atomic E-state index is -1.34. The lowest BCUT2D eigenvalue weighted by Crippen LogP contribution is -2.55. The fourth-order valence-electron chi connectivity index (χ4n) is 3.91. The average Bonchev–Trinajstić information content (AvgIpc) is 2.64. The number of carboxylic acids is 1. The second-order valence-corrected chi connectivity index (χ2v) is 8.06. The van der Waals surface area contributed by atoms with Gasteiger partial charge in [-0.2, -0.15) is 0 Å². The molecule has 0 radical (unpaired) electrons. The van der Waals surface area contributed by atoms with Gasteiger partial charge in [0, 0.05) is 17.6 Å². The van der Waals surface area contributed by atoms with Gasteiger partial charge in [0.1, 0.15) is 5.54 Å². The second kappa shape index (κ2) is 13.7. The van der Waals surface area contributed by atoms with Crippen molar-refractivity contribution in [1.29, 1.82) is 0 Å². The van der Waals surface area contributed by atoms with Gasteiger partial charge in [0.25, 0.3) is 0 Å². The summed E-state index contributed by atoms with van der Waals surface area (Å²) in [6.45, 7) is 0.767. The van der Waals surface area contributed by atoms with Crippen LogP contribution in [0.25, 0.3) is 0 Å². The molecule has 1 aromatic carbocycles. The summed E-state index contributed by atoms with van der Waals surface area (Å²) < 4.78 is 0. The zero-order chi connectivity index (χ0) is 19.9. The third kappa shape index (κ3) is 9.01. The molecule has 0 aromatic heterocycles. The van der Waals surface area contributed by atoms with Crippen LogP contribution in [0.3, 0.4) is 0 Å². The van der Waals surface area contributed by atoms with Crippen molar-refractivity contribution >= 4 is 49.5 Å². The van der Waals surface area contributed by atoms with Crippen LogP contribution in [0.4, 0.5) is 0 Å². The van der Waals surface area contributed by atoms with E-state index in [9.17, 15) is 9.90 Å². The zero-order valence-electron chi connectivity index (χ0n) is 16.4. The monoisotopic (exact) mass is 468 g/mol. The molecule has 29 heavy (non-hydrogen) atoms. The van der Waals surface area contributed by atoms with Gasteiger partial charge in [0.05, 0.1) is 0 Å². The van der Waals surface area contributed by atoms with Gasteiger partial charge in [-0.25, -0.2) is 0 Å². The van der Waals surface area contributed by atoms with Crippen LogP contribution < -0.4 is 11.1 Å². The summed E-state index contributed by atoms with van der Waals surface area (Å²) in [4.78, 5) is 11.8. The largest absolute Gasteiger partial charge is 0.480 e. The smallest absolute Gasteiger partial charge is 0.451 e. The van der Waals surface area contributed by atoms with Gasteiger partial charge in [-0.1, -0.05) is 36.6 Å². The van der Waals surface area contributed by atoms with Gasteiger partial charge in [-0.05, 0) is 62.0 Å². The highest BCUT2D eigenvalue weighted by molar-refractivity contribution is 6.40. The lowest BCUT2D eigenvalue weighted by atomic mass is 9.71. The number of unbranched alkanes of at least 4 members (excludes halogenated alkanes) is 1. The number of nitrogens with one attached hydrogen (secondary N) is 1. The van der Waals surface area contributed by atoms with E-state index in [4.69, 9.17) is 27.4 Å². The Labute approximate surface area is 190 Å². The number of carboxylic acid groups (broad SMARTS) is 1. The lowest BCUT2D eigenvalue weighted by Gasteiger charge is -2.39. The van der Waals surface area contributed by atoms with E-state index in [1.54, 1.807) is 0 Å². The Hall–Kier alpha value is -0.535. The van der Waals surface area contributed by atoms with Crippen LogP contribution in [-0.4, -0.2) is 39.8 Å². The molecule has 1 atom stereocenters. The first kappa shape index (κ1) is 28.5. The normalized spacial score (nSPS) is 20.7. The Morgan fingerprint density at radius 2 is 1.72 bits per heavy atom. The number of hydrogen-bond donors (Lipinski definition) is 5. The van der Waals surface area contributed by atoms with Gasteiger partial charge >= 0.3 is 13.1 Å². The number of rotatable bonds is 10. The molecule has 6 nitrogen and oxygen atoms in total. The molecule has 0 spiro atoms. The van der Waals surface area contributed by atoms with Crippen molar-refractivity contribution in [2.24, 2.45) is 11.7 Å². The van der Waals surface area contributed by atoms with Crippen molar-refractivity contribution in [1.82, 2.24) is 5.32 Å². The second-order valence-electron chi connectivity index (χ2n) is 7.63. The quantitative estimate of drug-likeness (QED) is 0.265. The van der Waals surface area contributed by atoms with Crippen molar-refractivity contribution in [3.63, 3.8) is 0 Å². The predicted octanol–water partition coefficient (Wildman–Crippen LogP) is 3.26. The number of nitrogens with two attached hydrogens (primary N) is 1. The highest BCUT2D eigenvalue weighted by Gasteiger charge is 2.43. The number of hydrogen-bond acceptors (Lipinski definition) is 5. The van der Waals surface area contributed by atoms with Crippen LogP contribution >= 0.6 is 36.4 Å². The Bertz CT molecular complexity index is 602. The molecular formula is C19H32BCl3N2O4. The van der Waals surface area contributed by atoms with E-state index in [1.165, 1.54) is 5.56 Å². The van der Waals surface area contributed by atoms with Gasteiger partial charge in [0.15, 0.2) is 0 Å². The maximum Gasteiger partial charge on any atom is 0.451 e. The number of aliphatic carboxylic acids is 1. The SMILES string of the molecule is Cl.Cl.NC(CCCCB(O)O)(C(=O)O)C1CCC(NCc2ccc(Cl)cc2)CC1. The predicted molar refractivity (Wildman–Crippen MR) is 122 cm³/mol. The van der Waals surface area contributed by atoms with Gasteiger partial charge < -0.3 is 26.2 Å². The Morgan fingerprint density at radius 3 is 2.24 bits per heavy atom. The summed E-state index contributed by atoms with van der Waals surface area (Å²) in [5.74, 6) is -1.01. The minimum absolute atomic E-state index is 0. The third-order valence-corrected chi connectivity index (χ3v) is 5.92. The van der Waals surface area contributed by atoms with E-state index in [0.717, 1.165) is 37.3 Å². The number of carbonyl (C=O) groups is 1. The first-order valence-corrected chi connectivity index (χ1v) is 10.1. The zero-order valence-corrected chi connectivity index (χ0v) is 18.8. The van der Waals surface area contributed by atoms with Crippen molar-refractivity contribution in [3.8, 4) is 0 Å². The molecule has 1 unspecified atom stereocenters. The molecule has 10 heteroatoms. The lowest BCUT2D eigenvalue weighted by molar-refractivity contribution is -0.146. The molecular weight excluding hydrogens is 437 g/mol. The maximum absolute atomic E-state index is 11.8. The highest BCUT2D eigenvalue weighted by Crippen LogP contribution is 2.35. The summed E-state index contributed by atoms with van der Waals surface area (Å²) in [5, 5.41) is 31.8. The average molecular weight is 470 g/mol. The van der Waals surface area contributed by atoms with Gasteiger partial charge in [-0.15, -0.1) is 24.8 Å². The summed E-state index contributed by atoms with van der Waals surface area (Å²) >= 11 is 5.90. The van der Waals surface area contributed by atoms with Crippen LogP contribution in [0.1, 0.15) is 50.5 Å². The maximum atomic E-state index is 11.8. The van der Waals surface area contributed by atoms with Crippen LogP contribution in [0.5, 0.6) is 0 Å². The minimum Gasteiger partial charge on any atom is -0.480 e. The molecule has 1 aliphatic carbocycles. The molecule has 0 bridgehead atoms. The van der Waals surface area contributed by atoms with Crippen LogP contribution in [0.15, 0.2) is 24.3 Å². The molecule has 0 amide bonds. The van der Waals surface area contributed by atoms with Crippen LogP contribution in [0, 0.1) is 5.92 Å². The van der Waals surface area contributed by atoms with E-state index in [2.05, 4.69) is 5.32 Å². The fraction of sp³-hybridized carbons (Fsp3) is 0.632. The Balaban J connectivity index is 0.00000392. The molecule has 166 valence electrons. The van der Waals surface area contributed by atoms with E-state index < -0.39 is 18.6 Å². The number of benzene rings is 1.